The van der Waals surface area contributed by atoms with Crippen LogP contribution >= 0.6 is 0 Å². The van der Waals surface area contributed by atoms with E-state index in [9.17, 15) is 14.6 Å². The number of hydrogen-bond acceptors (Lipinski definition) is 4. The molecule has 1 aliphatic rings. The van der Waals surface area contributed by atoms with E-state index in [1.54, 1.807) is 18.2 Å². The molecule has 3 atom stereocenters. The van der Waals surface area contributed by atoms with E-state index in [0.717, 1.165) is 25.9 Å². The Morgan fingerprint density at radius 1 is 1.36 bits per heavy atom. The van der Waals surface area contributed by atoms with Crippen molar-refractivity contribution >= 4 is 0 Å². The molecular formula is C17H26FNO3. The number of ether oxygens (including phenoxy) is 1. The molecule has 0 aromatic heterocycles. The maximum atomic E-state index is 13.4. The van der Waals surface area contributed by atoms with Gasteiger partial charge in [0.25, 0.3) is 0 Å². The number of halogens is 1. The first-order chi connectivity index (χ1) is 10.6. The van der Waals surface area contributed by atoms with E-state index >= 15 is 0 Å². The lowest BCUT2D eigenvalue weighted by molar-refractivity contribution is -0.00693. The zero-order chi connectivity index (χ0) is 15.9. The fourth-order valence-corrected chi connectivity index (χ4v) is 2.92. The molecule has 1 saturated heterocycles. The first kappa shape index (κ1) is 17.3. The molecule has 0 spiro atoms. The summed E-state index contributed by atoms with van der Waals surface area (Å²) < 4.78 is 18.8. The van der Waals surface area contributed by atoms with Crippen LogP contribution in [0.2, 0.25) is 0 Å². The molecule has 1 aliphatic heterocycles. The summed E-state index contributed by atoms with van der Waals surface area (Å²) in [4.78, 5) is 2.16. The maximum Gasteiger partial charge on any atom is 0.128 e. The Kier molecular flexibility index (Phi) is 6.76. The van der Waals surface area contributed by atoms with Gasteiger partial charge in [-0.25, -0.2) is 4.39 Å². The Labute approximate surface area is 131 Å². The molecule has 124 valence electrons. The third-order valence-electron chi connectivity index (χ3n) is 4.22. The van der Waals surface area contributed by atoms with Crippen LogP contribution in [0.4, 0.5) is 4.39 Å². The minimum Gasteiger partial charge on any atom is -0.393 e. The van der Waals surface area contributed by atoms with Crippen LogP contribution in [0.25, 0.3) is 0 Å². The number of rotatable bonds is 7. The van der Waals surface area contributed by atoms with Crippen molar-refractivity contribution in [3.63, 3.8) is 0 Å². The largest absolute Gasteiger partial charge is 0.393 e. The highest BCUT2D eigenvalue weighted by molar-refractivity contribution is 5.16. The first-order valence-corrected chi connectivity index (χ1v) is 7.96. The van der Waals surface area contributed by atoms with Gasteiger partial charge in [0, 0.05) is 18.7 Å². The van der Waals surface area contributed by atoms with Gasteiger partial charge in [-0.1, -0.05) is 18.2 Å². The van der Waals surface area contributed by atoms with Gasteiger partial charge in [-0.3, -0.25) is 0 Å². The van der Waals surface area contributed by atoms with E-state index in [2.05, 4.69) is 4.90 Å². The van der Waals surface area contributed by atoms with Crippen molar-refractivity contribution in [2.24, 2.45) is 5.92 Å². The normalized spacial score (nSPS) is 22.5. The molecular weight excluding hydrogens is 285 g/mol. The number of hydrogen-bond donors (Lipinski definition) is 2. The Bertz CT molecular complexity index is 455. The molecule has 3 unspecified atom stereocenters. The molecule has 0 bridgehead atoms. The van der Waals surface area contributed by atoms with E-state index in [4.69, 9.17) is 4.74 Å². The lowest BCUT2D eigenvalue weighted by Crippen LogP contribution is -2.43. The van der Waals surface area contributed by atoms with Crippen molar-refractivity contribution in [2.45, 2.75) is 38.6 Å². The summed E-state index contributed by atoms with van der Waals surface area (Å²) in [6.45, 7) is 4.45. The third kappa shape index (κ3) is 5.32. The van der Waals surface area contributed by atoms with Crippen molar-refractivity contribution in [1.82, 2.24) is 4.90 Å². The molecule has 0 aliphatic carbocycles. The van der Waals surface area contributed by atoms with Gasteiger partial charge in [0.1, 0.15) is 5.82 Å². The van der Waals surface area contributed by atoms with E-state index < -0.39 is 6.10 Å². The van der Waals surface area contributed by atoms with E-state index in [1.165, 1.54) is 6.07 Å². The standard InChI is InChI=1S/C17H26FNO3/c1-13(20)14-6-4-8-19(9-14)10-16(21)12-22-11-15-5-2-3-7-17(15)18/h2-3,5,7,13-14,16,20-21H,4,6,8-12H2,1H3. The summed E-state index contributed by atoms with van der Waals surface area (Å²) >= 11 is 0. The second-order valence-electron chi connectivity index (χ2n) is 6.16. The van der Waals surface area contributed by atoms with Gasteiger partial charge in [0.05, 0.1) is 25.4 Å². The summed E-state index contributed by atoms with van der Waals surface area (Å²) in [5, 5.41) is 19.7. The topological polar surface area (TPSA) is 52.9 Å². The summed E-state index contributed by atoms with van der Waals surface area (Å²) in [5.41, 5.74) is 0.502. The Morgan fingerprint density at radius 2 is 2.14 bits per heavy atom. The number of β-amino-alcohol motifs (C(OH)–C–C–N with tert-alkyl or cyclic N) is 1. The summed E-state index contributed by atoms with van der Waals surface area (Å²) in [5.74, 6) is -0.00641. The third-order valence-corrected chi connectivity index (χ3v) is 4.22. The average molecular weight is 311 g/mol. The molecule has 2 N–H and O–H groups in total. The van der Waals surface area contributed by atoms with Gasteiger partial charge in [-0.05, 0) is 38.3 Å². The van der Waals surface area contributed by atoms with Crippen LogP contribution < -0.4 is 0 Å². The molecule has 0 radical (unpaired) electrons. The number of likely N-dealkylation sites (tertiary alicyclic amines) is 1. The Hall–Kier alpha value is -1.01. The van der Waals surface area contributed by atoms with Crippen molar-refractivity contribution in [1.29, 1.82) is 0 Å². The highest BCUT2D eigenvalue weighted by Gasteiger charge is 2.24. The zero-order valence-electron chi connectivity index (χ0n) is 13.1. The second-order valence-corrected chi connectivity index (χ2v) is 6.16. The zero-order valence-corrected chi connectivity index (χ0v) is 13.1. The van der Waals surface area contributed by atoms with Crippen LogP contribution in [0.3, 0.4) is 0 Å². The fourth-order valence-electron chi connectivity index (χ4n) is 2.92. The van der Waals surface area contributed by atoms with E-state index in [0.29, 0.717) is 12.1 Å². The SMILES string of the molecule is CC(O)C1CCCN(CC(O)COCc2ccccc2F)C1. The highest BCUT2D eigenvalue weighted by Crippen LogP contribution is 2.19. The van der Waals surface area contributed by atoms with Crippen molar-refractivity contribution in [3.8, 4) is 0 Å². The number of aliphatic hydroxyl groups excluding tert-OH is 2. The molecule has 5 heteroatoms. The summed E-state index contributed by atoms with van der Waals surface area (Å²) in [6, 6.07) is 6.49. The maximum absolute atomic E-state index is 13.4. The minimum atomic E-state index is -0.598. The quantitative estimate of drug-likeness (QED) is 0.806. The Balaban J connectivity index is 1.69. The first-order valence-electron chi connectivity index (χ1n) is 7.96. The summed E-state index contributed by atoms with van der Waals surface area (Å²) in [7, 11) is 0. The molecule has 2 rings (SSSR count). The van der Waals surface area contributed by atoms with Gasteiger partial charge in [0.15, 0.2) is 0 Å². The molecule has 22 heavy (non-hydrogen) atoms. The van der Waals surface area contributed by atoms with Crippen molar-refractivity contribution in [2.75, 3.05) is 26.2 Å². The van der Waals surface area contributed by atoms with Gasteiger partial charge >= 0.3 is 0 Å². The van der Waals surface area contributed by atoms with Crippen LogP contribution in [0.5, 0.6) is 0 Å². The molecule has 1 fully saturated rings. The smallest absolute Gasteiger partial charge is 0.128 e. The van der Waals surface area contributed by atoms with Crippen LogP contribution in [0, 0.1) is 11.7 Å². The lowest BCUT2D eigenvalue weighted by Gasteiger charge is -2.35. The number of aliphatic hydroxyl groups is 2. The number of piperidine rings is 1. The molecule has 4 nitrogen and oxygen atoms in total. The highest BCUT2D eigenvalue weighted by atomic mass is 19.1. The predicted octanol–water partition coefficient (Wildman–Crippen LogP) is 1.80. The van der Waals surface area contributed by atoms with Gasteiger partial charge in [0.2, 0.25) is 0 Å². The molecule has 1 aromatic rings. The van der Waals surface area contributed by atoms with Gasteiger partial charge in [-0.2, -0.15) is 0 Å². The Morgan fingerprint density at radius 3 is 2.86 bits per heavy atom. The van der Waals surface area contributed by atoms with E-state index in [-0.39, 0.29) is 31.1 Å². The lowest BCUT2D eigenvalue weighted by atomic mass is 9.93. The molecule has 0 amide bonds. The predicted molar refractivity (Wildman–Crippen MR) is 82.9 cm³/mol. The fraction of sp³-hybridized carbons (Fsp3) is 0.647. The van der Waals surface area contributed by atoms with Crippen molar-refractivity contribution in [3.05, 3.63) is 35.6 Å². The van der Waals surface area contributed by atoms with E-state index in [1.807, 2.05) is 6.92 Å². The van der Waals surface area contributed by atoms with Crippen LogP contribution in [0.15, 0.2) is 24.3 Å². The second kappa shape index (κ2) is 8.58. The van der Waals surface area contributed by atoms with Crippen molar-refractivity contribution < 1.29 is 19.3 Å². The van der Waals surface area contributed by atoms with Gasteiger partial charge < -0.3 is 19.8 Å². The van der Waals surface area contributed by atoms with Crippen LogP contribution in [-0.2, 0) is 11.3 Å². The minimum absolute atomic E-state index is 0.167. The average Bonchev–Trinajstić information content (AvgIpc) is 2.49. The monoisotopic (exact) mass is 311 g/mol. The summed E-state index contributed by atoms with van der Waals surface area (Å²) in [6.07, 6.45) is 1.17. The molecule has 0 saturated carbocycles. The number of benzene rings is 1. The van der Waals surface area contributed by atoms with Crippen LogP contribution in [-0.4, -0.2) is 53.6 Å². The molecule has 1 heterocycles. The number of nitrogens with zero attached hydrogens (tertiary/aromatic N) is 1. The van der Waals surface area contributed by atoms with Crippen LogP contribution in [0.1, 0.15) is 25.3 Å². The van der Waals surface area contributed by atoms with Gasteiger partial charge in [-0.15, -0.1) is 0 Å². The molecule has 1 aromatic carbocycles.